The number of benzene rings is 1. The highest BCUT2D eigenvalue weighted by atomic mass is 19.1. The second-order valence-corrected chi connectivity index (χ2v) is 4.92. The molecule has 1 saturated heterocycles. The monoisotopic (exact) mass is 252 g/mol. The summed E-state index contributed by atoms with van der Waals surface area (Å²) in [5.41, 5.74) is 0.703. The van der Waals surface area contributed by atoms with Crippen molar-refractivity contribution in [2.24, 2.45) is 0 Å². The normalized spacial score (nSPS) is 17.9. The lowest BCUT2D eigenvalue weighted by Crippen LogP contribution is -2.40. The van der Waals surface area contributed by atoms with Gasteiger partial charge in [0, 0.05) is 24.2 Å². The summed E-state index contributed by atoms with van der Waals surface area (Å²) in [6.45, 7) is 2.82. The number of hydrogen-bond acceptors (Lipinski definition) is 3. The first-order valence-corrected chi connectivity index (χ1v) is 6.43. The maximum Gasteiger partial charge on any atom is 0.131 e. The van der Waals surface area contributed by atoms with Crippen LogP contribution in [-0.4, -0.2) is 38.2 Å². The van der Waals surface area contributed by atoms with Gasteiger partial charge in [0.25, 0.3) is 0 Å². The third-order valence-electron chi connectivity index (χ3n) is 3.56. The number of likely N-dealkylation sites (tertiary alicyclic amines) is 1. The van der Waals surface area contributed by atoms with Gasteiger partial charge in [-0.15, -0.1) is 0 Å². The maximum atomic E-state index is 13.7. The van der Waals surface area contributed by atoms with Gasteiger partial charge in [0.2, 0.25) is 0 Å². The quantitative estimate of drug-likeness (QED) is 0.887. The molecule has 1 aromatic rings. The Balaban J connectivity index is 1.86. The van der Waals surface area contributed by atoms with E-state index in [9.17, 15) is 4.39 Å². The molecule has 3 nitrogen and oxygen atoms in total. The summed E-state index contributed by atoms with van der Waals surface area (Å²) in [4.78, 5) is 2.33. The van der Waals surface area contributed by atoms with E-state index in [0.717, 1.165) is 25.9 Å². The topological polar surface area (TPSA) is 24.5 Å². The minimum atomic E-state index is -0.199. The van der Waals surface area contributed by atoms with Crippen LogP contribution in [0.15, 0.2) is 18.2 Å². The molecule has 0 saturated carbocycles. The van der Waals surface area contributed by atoms with Crippen molar-refractivity contribution in [3.8, 4) is 5.75 Å². The van der Waals surface area contributed by atoms with E-state index in [1.54, 1.807) is 19.2 Å². The van der Waals surface area contributed by atoms with Gasteiger partial charge in [-0.2, -0.15) is 0 Å². The van der Waals surface area contributed by atoms with Crippen molar-refractivity contribution >= 4 is 0 Å². The molecule has 1 aliphatic heterocycles. The number of hydrogen-bond donors (Lipinski definition) is 1. The molecular formula is C14H21FN2O. The zero-order valence-corrected chi connectivity index (χ0v) is 11.1. The number of ether oxygens (including phenoxy) is 1. The molecular weight excluding hydrogens is 231 g/mol. The average Bonchev–Trinajstić information content (AvgIpc) is 2.39. The van der Waals surface area contributed by atoms with Crippen LogP contribution >= 0.6 is 0 Å². The van der Waals surface area contributed by atoms with Crippen LogP contribution in [0.4, 0.5) is 4.39 Å². The van der Waals surface area contributed by atoms with Gasteiger partial charge in [-0.1, -0.05) is 6.07 Å². The molecule has 1 N–H and O–H groups in total. The Kier molecular flexibility index (Phi) is 4.55. The molecule has 0 amide bonds. The van der Waals surface area contributed by atoms with Gasteiger partial charge in [-0.25, -0.2) is 4.39 Å². The van der Waals surface area contributed by atoms with E-state index >= 15 is 0 Å². The molecule has 18 heavy (non-hydrogen) atoms. The van der Waals surface area contributed by atoms with Crippen LogP contribution < -0.4 is 10.1 Å². The van der Waals surface area contributed by atoms with Crippen LogP contribution in [0.3, 0.4) is 0 Å². The summed E-state index contributed by atoms with van der Waals surface area (Å²) in [5, 5.41) is 3.43. The fourth-order valence-corrected chi connectivity index (χ4v) is 2.27. The lowest BCUT2D eigenvalue weighted by atomic mass is 10.1. The second kappa shape index (κ2) is 6.16. The molecule has 1 heterocycles. The summed E-state index contributed by atoms with van der Waals surface area (Å²) in [6.07, 6.45) is 2.27. The van der Waals surface area contributed by atoms with Gasteiger partial charge < -0.3 is 15.0 Å². The van der Waals surface area contributed by atoms with E-state index < -0.39 is 0 Å². The van der Waals surface area contributed by atoms with Crippen molar-refractivity contribution in [1.82, 2.24) is 10.2 Å². The molecule has 0 atom stereocenters. The average molecular weight is 252 g/mol. The molecule has 4 heteroatoms. The number of rotatable bonds is 4. The maximum absolute atomic E-state index is 13.7. The molecule has 0 unspecified atom stereocenters. The fraction of sp³-hybridized carbons (Fsp3) is 0.571. The first-order chi connectivity index (χ1) is 8.69. The molecule has 0 aromatic heterocycles. The Morgan fingerprint density at radius 1 is 1.39 bits per heavy atom. The van der Waals surface area contributed by atoms with E-state index in [1.807, 2.05) is 0 Å². The molecule has 2 rings (SSSR count). The first kappa shape index (κ1) is 13.3. The smallest absolute Gasteiger partial charge is 0.131 e. The van der Waals surface area contributed by atoms with Gasteiger partial charge in [-0.3, -0.25) is 0 Å². The van der Waals surface area contributed by atoms with Crippen molar-refractivity contribution in [3.05, 3.63) is 29.6 Å². The van der Waals surface area contributed by atoms with Gasteiger partial charge in [0.05, 0.1) is 7.11 Å². The number of methoxy groups -OCH3 is 1. The Bertz CT molecular complexity index is 389. The fourth-order valence-electron chi connectivity index (χ4n) is 2.27. The highest BCUT2D eigenvalue weighted by Crippen LogP contribution is 2.17. The Hall–Kier alpha value is -1.13. The van der Waals surface area contributed by atoms with Crippen LogP contribution in [0, 0.1) is 5.82 Å². The molecule has 0 aliphatic carbocycles. The third-order valence-corrected chi connectivity index (χ3v) is 3.56. The van der Waals surface area contributed by atoms with Crippen LogP contribution in [0.5, 0.6) is 5.75 Å². The number of halogens is 1. The highest BCUT2D eigenvalue weighted by Gasteiger charge is 2.16. The summed E-state index contributed by atoms with van der Waals surface area (Å²) in [5.74, 6) is 0.366. The van der Waals surface area contributed by atoms with E-state index in [0.29, 0.717) is 23.9 Å². The Labute approximate surface area is 108 Å². The minimum Gasteiger partial charge on any atom is -0.497 e. The van der Waals surface area contributed by atoms with E-state index in [4.69, 9.17) is 4.74 Å². The minimum absolute atomic E-state index is 0.199. The summed E-state index contributed by atoms with van der Waals surface area (Å²) in [7, 11) is 3.69. The van der Waals surface area contributed by atoms with Crippen LogP contribution in [0.25, 0.3) is 0 Å². The number of nitrogens with zero attached hydrogens (tertiary/aromatic N) is 1. The first-order valence-electron chi connectivity index (χ1n) is 6.43. The lowest BCUT2D eigenvalue weighted by Gasteiger charge is -2.29. The SMILES string of the molecule is COc1ccc(CNC2CCN(C)CC2)c(F)c1. The summed E-state index contributed by atoms with van der Waals surface area (Å²) < 4.78 is 18.7. The number of piperidine rings is 1. The Morgan fingerprint density at radius 2 is 2.11 bits per heavy atom. The highest BCUT2D eigenvalue weighted by molar-refractivity contribution is 5.28. The molecule has 0 radical (unpaired) electrons. The van der Waals surface area contributed by atoms with Crippen molar-refractivity contribution in [1.29, 1.82) is 0 Å². The predicted octanol–water partition coefficient (Wildman–Crippen LogP) is 2.02. The van der Waals surface area contributed by atoms with Crippen molar-refractivity contribution in [2.45, 2.75) is 25.4 Å². The zero-order valence-electron chi connectivity index (χ0n) is 11.1. The van der Waals surface area contributed by atoms with Gasteiger partial charge in [0.1, 0.15) is 11.6 Å². The van der Waals surface area contributed by atoms with Crippen molar-refractivity contribution in [3.63, 3.8) is 0 Å². The van der Waals surface area contributed by atoms with E-state index in [1.165, 1.54) is 6.07 Å². The molecule has 0 spiro atoms. The van der Waals surface area contributed by atoms with Gasteiger partial charge in [0.15, 0.2) is 0 Å². The van der Waals surface area contributed by atoms with Gasteiger partial charge >= 0.3 is 0 Å². The van der Waals surface area contributed by atoms with Crippen LogP contribution in [0.2, 0.25) is 0 Å². The van der Waals surface area contributed by atoms with E-state index in [-0.39, 0.29) is 5.82 Å². The molecule has 1 fully saturated rings. The van der Waals surface area contributed by atoms with E-state index in [2.05, 4.69) is 17.3 Å². The largest absolute Gasteiger partial charge is 0.497 e. The third kappa shape index (κ3) is 3.43. The molecule has 0 bridgehead atoms. The molecule has 100 valence electrons. The van der Waals surface area contributed by atoms with Crippen molar-refractivity contribution in [2.75, 3.05) is 27.2 Å². The van der Waals surface area contributed by atoms with Crippen LogP contribution in [0.1, 0.15) is 18.4 Å². The summed E-state index contributed by atoms with van der Waals surface area (Å²) >= 11 is 0. The van der Waals surface area contributed by atoms with Gasteiger partial charge in [-0.05, 0) is 39.0 Å². The van der Waals surface area contributed by atoms with Crippen molar-refractivity contribution < 1.29 is 9.13 Å². The summed E-state index contributed by atoms with van der Waals surface area (Å²) in [6, 6.07) is 5.53. The molecule has 1 aliphatic rings. The van der Waals surface area contributed by atoms with Crippen LogP contribution in [-0.2, 0) is 6.54 Å². The Morgan fingerprint density at radius 3 is 2.72 bits per heavy atom. The number of nitrogens with one attached hydrogen (secondary N) is 1. The lowest BCUT2D eigenvalue weighted by molar-refractivity contribution is 0.233. The predicted molar refractivity (Wildman–Crippen MR) is 70.3 cm³/mol. The zero-order chi connectivity index (χ0) is 13.0. The second-order valence-electron chi connectivity index (χ2n) is 4.92. The molecule has 1 aromatic carbocycles. The standard InChI is InChI=1S/C14H21FN2O/c1-17-7-5-12(6-8-17)16-10-11-3-4-13(18-2)9-14(11)15/h3-4,9,12,16H,5-8,10H2,1-2H3.